The number of hydrogen-bond donors (Lipinski definition) is 2. The maximum atomic E-state index is 12.7. The van der Waals surface area contributed by atoms with Crippen molar-refractivity contribution in [3.8, 4) is 23.8 Å². The van der Waals surface area contributed by atoms with E-state index < -0.39 is 15.9 Å². The van der Waals surface area contributed by atoms with E-state index in [9.17, 15) is 13.2 Å². The fourth-order valence-electron chi connectivity index (χ4n) is 2.79. The number of terminal acetylenes is 1. The number of benzene rings is 2. The van der Waals surface area contributed by atoms with Gasteiger partial charge in [-0.15, -0.1) is 6.42 Å². The van der Waals surface area contributed by atoms with Crippen LogP contribution in [0.2, 0.25) is 0 Å². The lowest BCUT2D eigenvalue weighted by Gasteiger charge is -2.22. The Morgan fingerprint density at radius 2 is 1.93 bits per heavy atom. The summed E-state index contributed by atoms with van der Waals surface area (Å²) in [6.07, 6.45) is 5.10. The van der Waals surface area contributed by atoms with Gasteiger partial charge in [0.15, 0.2) is 11.5 Å². The molecule has 0 aromatic heterocycles. The zero-order chi connectivity index (χ0) is 21.0. The number of nitrogens with one attached hydrogen (secondary N) is 2. The van der Waals surface area contributed by atoms with Gasteiger partial charge in [-0.05, 0) is 42.8 Å². The Bertz CT molecular complexity index is 1080. The average Bonchev–Trinajstić information content (AvgIpc) is 2.71. The zero-order valence-electron chi connectivity index (χ0n) is 15.6. The summed E-state index contributed by atoms with van der Waals surface area (Å²) in [6.45, 7) is 2.64. The van der Waals surface area contributed by atoms with Crippen molar-refractivity contribution in [2.45, 2.75) is 17.9 Å². The molecule has 0 fully saturated rings. The van der Waals surface area contributed by atoms with Crippen molar-refractivity contribution >= 4 is 31.9 Å². The van der Waals surface area contributed by atoms with Gasteiger partial charge in [-0.2, -0.15) is 4.72 Å². The van der Waals surface area contributed by atoms with Crippen LogP contribution in [0.25, 0.3) is 0 Å². The molecule has 1 aliphatic heterocycles. The molecule has 0 bridgehead atoms. The van der Waals surface area contributed by atoms with Crippen molar-refractivity contribution in [1.29, 1.82) is 0 Å². The molecular weight excluding hydrogens is 460 g/mol. The smallest absolute Gasteiger partial charge is 0.251 e. The molecule has 0 saturated carbocycles. The van der Waals surface area contributed by atoms with Crippen molar-refractivity contribution in [1.82, 2.24) is 10.0 Å². The van der Waals surface area contributed by atoms with Crippen LogP contribution in [0, 0.1) is 12.3 Å². The highest BCUT2D eigenvalue weighted by atomic mass is 79.9. The van der Waals surface area contributed by atoms with Crippen molar-refractivity contribution in [3.05, 3.63) is 52.0 Å². The summed E-state index contributed by atoms with van der Waals surface area (Å²) >= 11 is 3.49. The lowest BCUT2D eigenvalue weighted by atomic mass is 10.1. The Kier molecular flexibility index (Phi) is 6.47. The van der Waals surface area contributed by atoms with E-state index in [2.05, 4.69) is 31.9 Å². The van der Waals surface area contributed by atoms with Gasteiger partial charge in [-0.3, -0.25) is 4.79 Å². The van der Waals surface area contributed by atoms with Crippen molar-refractivity contribution < 1.29 is 22.7 Å². The van der Waals surface area contributed by atoms with Crippen LogP contribution < -0.4 is 19.5 Å². The van der Waals surface area contributed by atoms with E-state index in [-0.39, 0.29) is 23.0 Å². The largest absolute Gasteiger partial charge is 0.486 e. The third-order valence-electron chi connectivity index (χ3n) is 4.25. The van der Waals surface area contributed by atoms with Crippen molar-refractivity contribution in [2.24, 2.45) is 0 Å². The van der Waals surface area contributed by atoms with Crippen LogP contribution in [-0.4, -0.2) is 34.1 Å². The summed E-state index contributed by atoms with van der Waals surface area (Å²) < 4.78 is 38.6. The number of carbonyl (C=O) groups excluding carboxylic acids is 1. The van der Waals surface area contributed by atoms with Crippen LogP contribution in [0.15, 0.2) is 45.8 Å². The number of halogens is 1. The summed E-state index contributed by atoms with van der Waals surface area (Å²) in [5.74, 6) is 3.06. The topological polar surface area (TPSA) is 93.7 Å². The maximum Gasteiger partial charge on any atom is 0.251 e. The second-order valence-electron chi connectivity index (χ2n) is 6.27. The Morgan fingerprint density at radius 3 is 2.62 bits per heavy atom. The molecule has 3 rings (SSSR count). The number of sulfonamides is 1. The van der Waals surface area contributed by atoms with E-state index >= 15 is 0 Å². The molecule has 1 heterocycles. The molecule has 2 aromatic rings. The molecule has 0 spiro atoms. The van der Waals surface area contributed by atoms with E-state index in [1.54, 1.807) is 12.1 Å². The molecule has 1 amide bonds. The Balaban J connectivity index is 1.79. The molecule has 0 saturated heterocycles. The molecule has 1 aliphatic rings. The third-order valence-corrected chi connectivity index (χ3v) is 6.33. The highest BCUT2D eigenvalue weighted by molar-refractivity contribution is 9.10. The minimum absolute atomic E-state index is 0.0337. The molecule has 152 valence electrons. The Labute approximate surface area is 178 Å². The lowest BCUT2D eigenvalue weighted by molar-refractivity contribution is 0.0939. The first-order chi connectivity index (χ1) is 13.8. The SMILES string of the molecule is C#CCNS(=O)(=O)c1cccc(C(=O)NC(C)c2cc3c(cc2Br)OCCO3)c1. The van der Waals surface area contributed by atoms with E-state index in [4.69, 9.17) is 15.9 Å². The fourth-order valence-corrected chi connectivity index (χ4v) is 4.44. The summed E-state index contributed by atoms with van der Waals surface area (Å²) in [6, 6.07) is 9.00. The normalized spacial score (nSPS) is 14.0. The number of ether oxygens (including phenoxy) is 2. The van der Waals surface area contributed by atoms with Gasteiger partial charge in [0.1, 0.15) is 13.2 Å². The van der Waals surface area contributed by atoms with Gasteiger partial charge in [0, 0.05) is 10.0 Å². The van der Waals surface area contributed by atoms with Gasteiger partial charge in [-0.1, -0.05) is 27.9 Å². The van der Waals surface area contributed by atoms with Crippen LogP contribution >= 0.6 is 15.9 Å². The minimum Gasteiger partial charge on any atom is -0.486 e. The lowest BCUT2D eigenvalue weighted by Crippen LogP contribution is -2.28. The summed E-state index contributed by atoms with van der Waals surface area (Å²) in [4.78, 5) is 12.7. The fraction of sp³-hybridized carbons (Fsp3) is 0.250. The Hall–Kier alpha value is -2.54. The van der Waals surface area contributed by atoms with Gasteiger partial charge in [-0.25, -0.2) is 8.42 Å². The van der Waals surface area contributed by atoms with Gasteiger partial charge in [0.25, 0.3) is 5.91 Å². The van der Waals surface area contributed by atoms with Gasteiger partial charge >= 0.3 is 0 Å². The van der Waals surface area contributed by atoms with Crippen molar-refractivity contribution in [2.75, 3.05) is 19.8 Å². The first-order valence-corrected chi connectivity index (χ1v) is 11.0. The number of carbonyl (C=O) groups is 1. The van der Waals surface area contributed by atoms with Crippen molar-refractivity contribution in [3.63, 3.8) is 0 Å². The maximum absolute atomic E-state index is 12.7. The van der Waals surface area contributed by atoms with E-state index in [1.807, 2.05) is 13.0 Å². The minimum atomic E-state index is -3.79. The zero-order valence-corrected chi connectivity index (χ0v) is 18.0. The van der Waals surface area contributed by atoms with Crippen LogP contribution in [0.4, 0.5) is 0 Å². The van der Waals surface area contributed by atoms with Gasteiger partial charge < -0.3 is 14.8 Å². The van der Waals surface area contributed by atoms with E-state index in [0.717, 1.165) is 10.0 Å². The number of fused-ring (bicyclic) bond motifs is 1. The second-order valence-corrected chi connectivity index (χ2v) is 8.89. The molecule has 2 N–H and O–H groups in total. The molecule has 1 atom stereocenters. The van der Waals surface area contributed by atoms with E-state index in [1.165, 1.54) is 18.2 Å². The molecule has 2 aromatic carbocycles. The predicted molar refractivity (Wildman–Crippen MR) is 111 cm³/mol. The predicted octanol–water partition coefficient (Wildman–Crippen LogP) is 2.62. The van der Waals surface area contributed by atoms with E-state index in [0.29, 0.717) is 24.7 Å². The molecule has 7 nitrogen and oxygen atoms in total. The van der Waals surface area contributed by atoms with Crippen LogP contribution in [0.3, 0.4) is 0 Å². The first-order valence-electron chi connectivity index (χ1n) is 8.75. The molecule has 29 heavy (non-hydrogen) atoms. The molecule has 0 radical (unpaired) electrons. The summed E-state index contributed by atoms with van der Waals surface area (Å²) in [5, 5.41) is 2.87. The molecule has 1 unspecified atom stereocenters. The quantitative estimate of drug-likeness (QED) is 0.622. The van der Waals surface area contributed by atoms with Gasteiger partial charge in [0.2, 0.25) is 10.0 Å². The standard InChI is InChI=1S/C20H19BrN2O5S/c1-3-7-22-29(25,26)15-6-4-5-14(10-15)20(24)23-13(2)16-11-18-19(12-17(16)21)28-9-8-27-18/h1,4-6,10-13,22H,7-9H2,2H3,(H,23,24). The monoisotopic (exact) mass is 478 g/mol. The number of rotatable bonds is 6. The highest BCUT2D eigenvalue weighted by Gasteiger charge is 2.21. The third kappa shape index (κ3) is 4.90. The van der Waals surface area contributed by atoms with Gasteiger partial charge in [0.05, 0.1) is 17.5 Å². The molecular formula is C20H19BrN2O5S. The number of amides is 1. The van der Waals surface area contributed by atoms with Crippen LogP contribution in [-0.2, 0) is 10.0 Å². The molecule has 9 heteroatoms. The summed E-state index contributed by atoms with van der Waals surface area (Å²) in [5.41, 5.74) is 1.02. The highest BCUT2D eigenvalue weighted by Crippen LogP contribution is 2.37. The van der Waals surface area contributed by atoms with Crippen LogP contribution in [0.5, 0.6) is 11.5 Å². The number of hydrogen-bond acceptors (Lipinski definition) is 5. The summed E-state index contributed by atoms with van der Waals surface area (Å²) in [7, 11) is -3.79. The first kappa shape index (κ1) is 21.2. The second kappa shape index (κ2) is 8.86. The molecule has 0 aliphatic carbocycles. The average molecular weight is 479 g/mol. The Morgan fingerprint density at radius 1 is 1.24 bits per heavy atom. The van der Waals surface area contributed by atoms with Crippen LogP contribution in [0.1, 0.15) is 28.9 Å².